The molecule has 0 bridgehead atoms. The molecule has 0 saturated carbocycles. The Kier molecular flexibility index (Phi) is 5.25. The molecule has 0 radical (unpaired) electrons. The summed E-state index contributed by atoms with van der Waals surface area (Å²) in [7, 11) is -4.09. The molecule has 2 rings (SSSR count). The largest absolute Gasteiger partial charge is 0.416 e. The Morgan fingerprint density at radius 1 is 1.00 bits per heavy atom. The van der Waals surface area contributed by atoms with E-state index in [1.165, 1.54) is 12.1 Å². The summed E-state index contributed by atoms with van der Waals surface area (Å²) < 4.78 is 64.4. The maximum absolute atomic E-state index is 12.6. The molecule has 3 nitrogen and oxygen atoms in total. The number of alkyl halides is 3. The monoisotopic (exact) mass is 383 g/mol. The van der Waals surface area contributed by atoms with Gasteiger partial charge in [-0.2, -0.15) is 13.2 Å². The van der Waals surface area contributed by atoms with Gasteiger partial charge in [0, 0.05) is 6.54 Å². The molecule has 2 aromatic rings. The van der Waals surface area contributed by atoms with Crippen LogP contribution in [0.4, 0.5) is 13.2 Å². The van der Waals surface area contributed by atoms with E-state index in [0.717, 1.165) is 18.2 Å². The lowest BCUT2D eigenvalue weighted by atomic mass is 10.2. The molecule has 23 heavy (non-hydrogen) atoms. The first kappa shape index (κ1) is 18.1. The lowest BCUT2D eigenvalue weighted by Gasteiger charge is -2.10. The minimum absolute atomic E-state index is 0.129. The molecule has 0 aliphatic heterocycles. The van der Waals surface area contributed by atoms with Crippen LogP contribution in [0.2, 0.25) is 10.0 Å². The van der Waals surface area contributed by atoms with E-state index in [1.807, 2.05) is 0 Å². The summed E-state index contributed by atoms with van der Waals surface area (Å²) in [6.07, 6.45) is -4.62. The summed E-state index contributed by atoms with van der Waals surface area (Å²) in [5.41, 5.74) is -0.509. The van der Waals surface area contributed by atoms with Crippen LogP contribution in [0.1, 0.15) is 11.1 Å². The number of benzene rings is 2. The van der Waals surface area contributed by atoms with E-state index in [2.05, 4.69) is 4.72 Å². The van der Waals surface area contributed by atoms with Crippen molar-refractivity contribution in [2.75, 3.05) is 0 Å². The van der Waals surface area contributed by atoms with E-state index in [1.54, 1.807) is 6.07 Å². The van der Waals surface area contributed by atoms with Crippen LogP contribution in [0.3, 0.4) is 0 Å². The minimum Gasteiger partial charge on any atom is -0.207 e. The van der Waals surface area contributed by atoms with Crippen LogP contribution in [-0.4, -0.2) is 8.42 Å². The molecule has 0 saturated heterocycles. The van der Waals surface area contributed by atoms with Crippen molar-refractivity contribution in [3.05, 3.63) is 63.6 Å². The Hall–Kier alpha value is -1.28. The Morgan fingerprint density at radius 3 is 2.30 bits per heavy atom. The molecule has 0 unspecified atom stereocenters. The first-order chi connectivity index (χ1) is 10.6. The zero-order valence-corrected chi connectivity index (χ0v) is 13.7. The van der Waals surface area contributed by atoms with Crippen molar-refractivity contribution in [2.24, 2.45) is 0 Å². The second kappa shape index (κ2) is 6.68. The normalized spacial score (nSPS) is 12.4. The molecule has 9 heteroatoms. The zero-order chi connectivity index (χ0) is 17.3. The highest BCUT2D eigenvalue weighted by molar-refractivity contribution is 7.89. The van der Waals surface area contributed by atoms with Crippen LogP contribution in [0.15, 0.2) is 47.4 Å². The molecule has 0 aliphatic carbocycles. The van der Waals surface area contributed by atoms with E-state index in [4.69, 9.17) is 23.2 Å². The quantitative estimate of drug-likeness (QED) is 0.845. The van der Waals surface area contributed by atoms with Crippen LogP contribution in [0, 0.1) is 0 Å². The fourth-order valence-electron chi connectivity index (χ4n) is 1.75. The Bertz CT molecular complexity index is 823. The summed E-state index contributed by atoms with van der Waals surface area (Å²) in [5, 5.41) is 0.568. The van der Waals surface area contributed by atoms with Gasteiger partial charge in [-0.1, -0.05) is 35.3 Å². The summed E-state index contributed by atoms with van der Waals surface area (Å²) in [4.78, 5) is -0.465. The molecule has 0 aliphatic rings. The molecule has 0 spiro atoms. The number of halogens is 5. The lowest BCUT2D eigenvalue weighted by Crippen LogP contribution is -2.23. The Balaban J connectivity index is 2.20. The molecular weight excluding hydrogens is 374 g/mol. The van der Waals surface area contributed by atoms with Gasteiger partial charge in [-0.15, -0.1) is 0 Å². The predicted octanol–water partition coefficient (Wildman–Crippen LogP) is 4.49. The molecule has 0 aromatic heterocycles. The Morgan fingerprint density at radius 2 is 1.70 bits per heavy atom. The van der Waals surface area contributed by atoms with Crippen molar-refractivity contribution in [2.45, 2.75) is 17.6 Å². The SMILES string of the molecule is O=S(=O)(NCc1ccc(Cl)c(Cl)c1)c1cccc(C(F)(F)F)c1. The summed E-state index contributed by atoms with van der Waals surface area (Å²) >= 11 is 11.6. The van der Waals surface area contributed by atoms with E-state index in [9.17, 15) is 21.6 Å². The van der Waals surface area contributed by atoms with Gasteiger partial charge in [0.25, 0.3) is 0 Å². The summed E-state index contributed by atoms with van der Waals surface area (Å²) in [6, 6.07) is 8.04. The number of hydrogen-bond acceptors (Lipinski definition) is 2. The molecule has 0 atom stereocenters. The topological polar surface area (TPSA) is 46.2 Å². The van der Waals surface area contributed by atoms with Crippen LogP contribution in [0.5, 0.6) is 0 Å². The van der Waals surface area contributed by atoms with Gasteiger partial charge in [0.15, 0.2) is 0 Å². The number of hydrogen-bond donors (Lipinski definition) is 1. The highest BCUT2D eigenvalue weighted by Crippen LogP contribution is 2.30. The van der Waals surface area contributed by atoms with Gasteiger partial charge in [0.2, 0.25) is 10.0 Å². The number of rotatable bonds is 4. The average molecular weight is 384 g/mol. The van der Waals surface area contributed by atoms with Gasteiger partial charge >= 0.3 is 6.18 Å². The highest BCUT2D eigenvalue weighted by Gasteiger charge is 2.31. The van der Waals surface area contributed by atoms with Gasteiger partial charge in [-0.3, -0.25) is 0 Å². The zero-order valence-electron chi connectivity index (χ0n) is 11.4. The van der Waals surface area contributed by atoms with E-state index < -0.39 is 26.7 Å². The van der Waals surface area contributed by atoms with E-state index in [0.29, 0.717) is 16.7 Å². The summed E-state index contributed by atoms with van der Waals surface area (Å²) in [6.45, 7) is -0.129. The predicted molar refractivity (Wildman–Crippen MR) is 81.9 cm³/mol. The van der Waals surface area contributed by atoms with Crippen molar-refractivity contribution >= 4 is 33.2 Å². The van der Waals surface area contributed by atoms with Gasteiger partial charge in [0.05, 0.1) is 20.5 Å². The third-order valence-electron chi connectivity index (χ3n) is 2.92. The van der Waals surface area contributed by atoms with E-state index in [-0.39, 0.29) is 11.6 Å². The van der Waals surface area contributed by atoms with E-state index >= 15 is 0 Å². The third kappa shape index (κ3) is 4.60. The summed E-state index contributed by atoms with van der Waals surface area (Å²) in [5.74, 6) is 0. The highest BCUT2D eigenvalue weighted by atomic mass is 35.5. The van der Waals surface area contributed by atoms with Gasteiger partial charge in [0.1, 0.15) is 0 Å². The minimum atomic E-state index is -4.62. The Labute approximate surface area is 141 Å². The fraction of sp³-hybridized carbons (Fsp3) is 0.143. The standard InChI is InChI=1S/C14H10Cl2F3NO2S/c15-12-5-4-9(6-13(12)16)8-20-23(21,22)11-3-1-2-10(7-11)14(17,18)19/h1-7,20H,8H2. The van der Waals surface area contributed by atoms with Crippen LogP contribution in [0.25, 0.3) is 0 Å². The molecule has 124 valence electrons. The first-order valence-corrected chi connectivity index (χ1v) is 8.44. The molecule has 0 heterocycles. The average Bonchev–Trinajstić information content (AvgIpc) is 2.48. The van der Waals surface area contributed by atoms with Crippen LogP contribution >= 0.6 is 23.2 Å². The van der Waals surface area contributed by atoms with Gasteiger partial charge in [-0.25, -0.2) is 13.1 Å². The van der Waals surface area contributed by atoms with Crippen molar-refractivity contribution in [3.63, 3.8) is 0 Å². The fourth-order valence-corrected chi connectivity index (χ4v) is 3.13. The van der Waals surface area contributed by atoms with Crippen molar-refractivity contribution in [1.82, 2.24) is 4.72 Å². The molecule has 1 N–H and O–H groups in total. The van der Waals surface area contributed by atoms with Crippen LogP contribution in [-0.2, 0) is 22.7 Å². The molecular formula is C14H10Cl2F3NO2S. The first-order valence-electron chi connectivity index (χ1n) is 6.20. The maximum Gasteiger partial charge on any atom is 0.416 e. The smallest absolute Gasteiger partial charge is 0.207 e. The van der Waals surface area contributed by atoms with Gasteiger partial charge < -0.3 is 0 Å². The second-order valence-corrected chi connectivity index (χ2v) is 7.18. The van der Waals surface area contributed by atoms with Crippen molar-refractivity contribution < 1.29 is 21.6 Å². The maximum atomic E-state index is 12.6. The van der Waals surface area contributed by atoms with Crippen LogP contribution < -0.4 is 4.72 Å². The molecule has 2 aromatic carbocycles. The number of sulfonamides is 1. The molecule has 0 fully saturated rings. The lowest BCUT2D eigenvalue weighted by molar-refractivity contribution is -0.137. The second-order valence-electron chi connectivity index (χ2n) is 4.60. The number of nitrogens with one attached hydrogen (secondary N) is 1. The van der Waals surface area contributed by atoms with Crippen molar-refractivity contribution in [1.29, 1.82) is 0 Å². The van der Waals surface area contributed by atoms with Gasteiger partial charge in [-0.05, 0) is 35.9 Å². The molecule has 0 amide bonds. The third-order valence-corrected chi connectivity index (χ3v) is 5.06. The van der Waals surface area contributed by atoms with Crippen molar-refractivity contribution in [3.8, 4) is 0 Å².